The van der Waals surface area contributed by atoms with Crippen LogP contribution < -0.4 is 4.74 Å². The Labute approximate surface area is 201 Å². The summed E-state index contributed by atoms with van der Waals surface area (Å²) in [5, 5.41) is 0. The molecule has 1 aromatic rings. The highest BCUT2D eigenvalue weighted by Crippen LogP contribution is 2.67. The molecule has 1 heterocycles. The number of esters is 1. The van der Waals surface area contributed by atoms with E-state index in [1.54, 1.807) is 13.2 Å². The average molecular weight is 484 g/mol. The molecule has 1 aromatic carbocycles. The molecular weight excluding hydrogens is 450 g/mol. The van der Waals surface area contributed by atoms with Crippen LogP contribution in [0.3, 0.4) is 0 Å². The van der Waals surface area contributed by atoms with E-state index in [-0.39, 0.29) is 11.5 Å². The van der Waals surface area contributed by atoms with Gasteiger partial charge in [0.1, 0.15) is 16.9 Å². The van der Waals surface area contributed by atoms with Crippen LogP contribution in [0.25, 0.3) is 0 Å². The summed E-state index contributed by atoms with van der Waals surface area (Å²) in [4.78, 5) is 12.8. The van der Waals surface area contributed by atoms with E-state index in [1.165, 1.54) is 0 Å². The van der Waals surface area contributed by atoms with Gasteiger partial charge in [0.15, 0.2) is 0 Å². The summed E-state index contributed by atoms with van der Waals surface area (Å²) >= 11 is 13.1. The molecule has 0 aromatic heterocycles. The molecule has 178 valence electrons. The molecule has 1 unspecified atom stereocenters. The Kier molecular flexibility index (Phi) is 5.89. The van der Waals surface area contributed by atoms with E-state index < -0.39 is 28.5 Å². The summed E-state index contributed by atoms with van der Waals surface area (Å²) < 4.78 is 23.8. The second kappa shape index (κ2) is 7.79. The van der Waals surface area contributed by atoms with Gasteiger partial charge in [0.25, 0.3) is 6.55 Å². The molecule has 0 amide bonds. The maximum atomic E-state index is 12.8. The molecule has 1 aliphatic heterocycles. The Morgan fingerprint density at radius 2 is 1.94 bits per heavy atom. The van der Waals surface area contributed by atoms with Gasteiger partial charge >= 0.3 is 5.97 Å². The third-order valence-corrected chi connectivity index (χ3v) is 8.72. The van der Waals surface area contributed by atoms with Gasteiger partial charge in [-0.2, -0.15) is 0 Å². The number of carbonyl (C=O) groups excluding carboxylic acids is 1. The molecule has 2 bridgehead atoms. The van der Waals surface area contributed by atoms with Gasteiger partial charge in [0, 0.05) is 16.4 Å². The van der Waals surface area contributed by atoms with Crippen LogP contribution in [0.1, 0.15) is 70.3 Å². The third kappa shape index (κ3) is 3.75. The maximum absolute atomic E-state index is 12.8. The van der Waals surface area contributed by atoms with Crippen molar-refractivity contribution in [3.63, 3.8) is 0 Å². The topological polar surface area (TPSA) is 54.0 Å². The van der Waals surface area contributed by atoms with Crippen molar-refractivity contribution in [2.75, 3.05) is 7.11 Å². The monoisotopic (exact) mass is 483 g/mol. The maximum Gasteiger partial charge on any atom is 0.342 e. The number of alkyl halides is 2. The van der Waals surface area contributed by atoms with Gasteiger partial charge in [-0.25, -0.2) is 4.79 Å². The quantitative estimate of drug-likeness (QED) is 0.303. The van der Waals surface area contributed by atoms with Crippen LogP contribution in [0, 0.1) is 17.3 Å². The highest BCUT2D eigenvalue weighted by molar-refractivity contribution is 6.85. The highest BCUT2D eigenvalue weighted by atomic mass is 35.5. The Hall–Kier alpha value is -0.945. The predicted octanol–water partition coefficient (Wildman–Crippen LogP) is 5.76. The molecule has 5 rings (SSSR count). The molecule has 5 nitrogen and oxygen atoms in total. The number of hydrogen-bond acceptors (Lipinski definition) is 5. The standard InChI is InChI=1S/C24H34BCl2O5/c1-22(2,3)30-20(28)16-10-8-9-14(19(16)29-7)13-25(21(26)27)31-18-12-15-11-17(23(15,4)5)24(18,6)32-25/h8-10,15,17-18,21H,11-13H2,1-7H3/q-1/t15-,17-,18+,24-,25?/m0/s1. The van der Waals surface area contributed by atoms with Gasteiger partial charge in [-0.3, -0.25) is 0 Å². The van der Waals surface area contributed by atoms with Gasteiger partial charge in [-0.1, -0.05) is 32.3 Å². The summed E-state index contributed by atoms with van der Waals surface area (Å²) in [5.41, 5.74) is 0.281. The first-order valence-corrected chi connectivity index (χ1v) is 12.3. The van der Waals surface area contributed by atoms with Crippen LogP contribution in [0.2, 0.25) is 0 Å². The average Bonchev–Trinajstić information content (AvgIpc) is 2.99. The number of hydrogen-bond donors (Lipinski definition) is 0. The fourth-order valence-corrected chi connectivity index (χ4v) is 6.67. The number of halogens is 2. The molecule has 4 fully saturated rings. The summed E-state index contributed by atoms with van der Waals surface area (Å²) in [5.74, 6) is 1.01. The Morgan fingerprint density at radius 1 is 1.25 bits per heavy atom. The van der Waals surface area contributed by atoms with Crippen molar-refractivity contribution >= 4 is 35.7 Å². The lowest BCUT2D eigenvalue weighted by atomic mass is 9.43. The first-order valence-electron chi connectivity index (χ1n) is 11.4. The molecule has 3 saturated carbocycles. The van der Waals surface area contributed by atoms with Crippen LogP contribution >= 0.6 is 23.2 Å². The fourth-order valence-electron chi connectivity index (χ4n) is 6.27. The molecule has 1 saturated heterocycles. The smallest absolute Gasteiger partial charge is 0.342 e. The largest absolute Gasteiger partial charge is 0.562 e. The number of rotatable bonds is 5. The van der Waals surface area contributed by atoms with Crippen molar-refractivity contribution < 1.29 is 23.6 Å². The zero-order valence-electron chi connectivity index (χ0n) is 20.0. The first kappa shape index (κ1) is 24.2. The van der Waals surface area contributed by atoms with E-state index in [1.807, 2.05) is 32.9 Å². The van der Waals surface area contributed by atoms with Gasteiger partial charge in [0.2, 0.25) is 0 Å². The van der Waals surface area contributed by atoms with Gasteiger partial charge in [-0.15, -0.1) is 23.2 Å². The molecule has 32 heavy (non-hydrogen) atoms. The zero-order chi connectivity index (χ0) is 23.7. The van der Waals surface area contributed by atoms with Crippen LogP contribution in [0.5, 0.6) is 5.75 Å². The molecule has 0 spiro atoms. The number of methoxy groups -OCH3 is 1. The van der Waals surface area contributed by atoms with Crippen molar-refractivity contribution in [2.24, 2.45) is 17.3 Å². The van der Waals surface area contributed by atoms with E-state index in [2.05, 4.69) is 20.8 Å². The molecule has 3 aliphatic carbocycles. The highest BCUT2D eigenvalue weighted by Gasteiger charge is 2.67. The Morgan fingerprint density at radius 3 is 2.50 bits per heavy atom. The number of benzene rings is 1. The molecule has 5 atom stereocenters. The molecule has 0 N–H and O–H groups in total. The van der Waals surface area contributed by atoms with E-state index in [9.17, 15) is 4.79 Å². The minimum Gasteiger partial charge on any atom is -0.562 e. The fraction of sp³-hybridized carbons (Fsp3) is 0.708. The third-order valence-electron chi connectivity index (χ3n) is 7.96. The normalized spacial score (nSPS) is 35.2. The van der Waals surface area contributed by atoms with Gasteiger partial charge in [0.05, 0.1) is 7.11 Å². The zero-order valence-corrected chi connectivity index (χ0v) is 21.5. The number of carbonyl (C=O) groups is 1. The number of ether oxygens (including phenoxy) is 2. The van der Waals surface area contributed by atoms with E-state index >= 15 is 0 Å². The summed E-state index contributed by atoms with van der Waals surface area (Å²) in [6, 6.07) is 5.40. The molecule has 4 aliphatic rings. The Bertz CT molecular complexity index is 914. The van der Waals surface area contributed by atoms with Crippen molar-refractivity contribution in [3.05, 3.63) is 29.3 Å². The van der Waals surface area contributed by atoms with Crippen LogP contribution in [0.15, 0.2) is 18.2 Å². The van der Waals surface area contributed by atoms with Crippen LogP contribution in [-0.4, -0.2) is 41.7 Å². The molecular formula is C24H34BCl2O5-. The lowest BCUT2D eigenvalue weighted by Gasteiger charge is -2.66. The van der Waals surface area contributed by atoms with Crippen molar-refractivity contribution in [1.82, 2.24) is 0 Å². The van der Waals surface area contributed by atoms with E-state index in [4.69, 9.17) is 42.0 Å². The SMILES string of the molecule is COc1c(C[B-]2(C(Cl)Cl)O[C@@H]3C[C@@H]4C[C@@H](C4(C)C)[C@]3(C)O2)cccc1C(=O)OC(C)(C)C. The molecule has 0 radical (unpaired) electrons. The minimum absolute atomic E-state index is 0.0423. The lowest BCUT2D eigenvalue weighted by molar-refractivity contribution is -0.199. The second-order valence-corrected chi connectivity index (χ2v) is 12.6. The summed E-state index contributed by atoms with van der Waals surface area (Å²) in [6.45, 7) is 10.2. The molecule has 8 heteroatoms. The predicted molar refractivity (Wildman–Crippen MR) is 127 cm³/mol. The van der Waals surface area contributed by atoms with Crippen molar-refractivity contribution in [1.29, 1.82) is 0 Å². The first-order chi connectivity index (χ1) is 14.7. The second-order valence-electron chi connectivity index (χ2n) is 11.4. The summed E-state index contributed by atoms with van der Waals surface area (Å²) in [7, 11) is 1.54. The number of para-hydroxylation sites is 1. The van der Waals surface area contributed by atoms with Gasteiger partial charge in [-0.05, 0) is 69.4 Å². The minimum atomic E-state index is -2.06. The van der Waals surface area contributed by atoms with E-state index in [0.29, 0.717) is 29.5 Å². The van der Waals surface area contributed by atoms with E-state index in [0.717, 1.165) is 18.4 Å². The Balaban J connectivity index is 1.67. The van der Waals surface area contributed by atoms with Gasteiger partial charge < -0.3 is 18.8 Å². The van der Waals surface area contributed by atoms with Crippen LogP contribution in [-0.2, 0) is 20.4 Å². The van der Waals surface area contributed by atoms with Crippen molar-refractivity contribution in [3.8, 4) is 5.75 Å². The van der Waals surface area contributed by atoms with Crippen molar-refractivity contribution in [2.45, 2.75) is 82.7 Å². The van der Waals surface area contributed by atoms with Crippen LogP contribution in [0.4, 0.5) is 0 Å². The summed E-state index contributed by atoms with van der Waals surface area (Å²) in [6.07, 6.45) is 2.36. The lowest BCUT2D eigenvalue weighted by Crippen LogP contribution is -2.65.